The summed E-state index contributed by atoms with van der Waals surface area (Å²) in [4.78, 5) is 3.09. The van der Waals surface area contributed by atoms with Gasteiger partial charge < -0.3 is 10.2 Å². The monoisotopic (exact) mass is 224 g/mol. The van der Waals surface area contributed by atoms with E-state index in [2.05, 4.69) is 35.8 Å². The van der Waals surface area contributed by atoms with Crippen molar-refractivity contribution in [2.75, 3.05) is 32.4 Å². The fourth-order valence-electron chi connectivity index (χ4n) is 2.09. The highest BCUT2D eigenvalue weighted by atomic mass is 32.2. The lowest BCUT2D eigenvalue weighted by Gasteiger charge is -2.22. The van der Waals surface area contributed by atoms with Gasteiger partial charge in [-0.15, -0.1) is 11.8 Å². The maximum atomic E-state index is 2.42. The van der Waals surface area contributed by atoms with Crippen LogP contribution in [0.25, 0.3) is 0 Å². The molecule has 2 nitrogen and oxygen atoms in total. The number of quaternary nitrogens is 2. The van der Waals surface area contributed by atoms with Crippen LogP contribution < -0.4 is 10.2 Å². The highest BCUT2D eigenvalue weighted by Crippen LogP contribution is 2.14. The Morgan fingerprint density at radius 1 is 1.20 bits per heavy atom. The standard InChI is InChI=1S/C12H18N2S/c1-15-12-4-2-11(3-5-12)10-14-8-6-13-7-9-14/h2-5,13H,6-10H2,1H3/p+2. The van der Waals surface area contributed by atoms with Crippen LogP contribution in [0.15, 0.2) is 29.2 Å². The van der Waals surface area contributed by atoms with Gasteiger partial charge in [0.15, 0.2) is 0 Å². The Labute approximate surface area is 96.0 Å². The molecule has 0 saturated carbocycles. The molecule has 0 aliphatic carbocycles. The molecule has 0 spiro atoms. The third-order valence-electron chi connectivity index (χ3n) is 3.02. The van der Waals surface area contributed by atoms with Crippen molar-refractivity contribution in [1.82, 2.24) is 0 Å². The molecule has 0 atom stereocenters. The van der Waals surface area contributed by atoms with E-state index >= 15 is 0 Å². The van der Waals surface area contributed by atoms with Crippen LogP contribution in [0.3, 0.4) is 0 Å². The third-order valence-corrected chi connectivity index (χ3v) is 3.76. The number of rotatable bonds is 3. The first-order valence-electron chi connectivity index (χ1n) is 5.66. The molecule has 1 saturated heterocycles. The fourth-order valence-corrected chi connectivity index (χ4v) is 2.50. The fraction of sp³-hybridized carbons (Fsp3) is 0.500. The molecule has 3 heteroatoms. The van der Waals surface area contributed by atoms with Gasteiger partial charge in [0.05, 0.1) is 0 Å². The van der Waals surface area contributed by atoms with E-state index in [1.165, 1.54) is 43.2 Å². The Bertz CT molecular complexity index is 291. The van der Waals surface area contributed by atoms with Crippen LogP contribution in [-0.2, 0) is 6.54 Å². The quantitative estimate of drug-likeness (QED) is 0.656. The number of piperazine rings is 1. The molecule has 0 amide bonds. The molecule has 1 aromatic rings. The first kappa shape index (κ1) is 11.0. The van der Waals surface area contributed by atoms with Crippen molar-refractivity contribution < 1.29 is 10.2 Å². The Balaban J connectivity index is 1.91. The first-order chi connectivity index (χ1) is 7.38. The summed E-state index contributed by atoms with van der Waals surface area (Å²) in [5.74, 6) is 0. The maximum Gasteiger partial charge on any atom is 0.127 e. The zero-order valence-corrected chi connectivity index (χ0v) is 10.1. The molecule has 1 heterocycles. The summed E-state index contributed by atoms with van der Waals surface area (Å²) in [6.07, 6.45) is 2.13. The molecular formula is C12H20N2S+2. The number of benzene rings is 1. The summed E-state index contributed by atoms with van der Waals surface area (Å²) >= 11 is 1.81. The van der Waals surface area contributed by atoms with Crippen LogP contribution in [0.2, 0.25) is 0 Å². The van der Waals surface area contributed by atoms with Crippen molar-refractivity contribution in [2.24, 2.45) is 0 Å². The van der Waals surface area contributed by atoms with E-state index in [9.17, 15) is 0 Å². The average Bonchev–Trinajstić information content (AvgIpc) is 2.31. The van der Waals surface area contributed by atoms with E-state index in [-0.39, 0.29) is 0 Å². The Morgan fingerprint density at radius 2 is 1.87 bits per heavy atom. The van der Waals surface area contributed by atoms with Crippen molar-refractivity contribution in [1.29, 1.82) is 0 Å². The molecule has 82 valence electrons. The highest BCUT2D eigenvalue weighted by molar-refractivity contribution is 7.98. The lowest BCUT2D eigenvalue weighted by molar-refractivity contribution is -0.958. The molecule has 1 fully saturated rings. The summed E-state index contributed by atoms with van der Waals surface area (Å²) in [6, 6.07) is 9.01. The predicted octanol–water partition coefficient (Wildman–Crippen LogP) is -0.630. The van der Waals surface area contributed by atoms with Crippen molar-refractivity contribution in [3.05, 3.63) is 29.8 Å². The molecule has 0 bridgehead atoms. The number of hydrogen-bond acceptors (Lipinski definition) is 1. The normalized spacial score (nSPS) is 17.9. The molecule has 0 unspecified atom stereocenters. The van der Waals surface area contributed by atoms with Crippen molar-refractivity contribution in [3.8, 4) is 0 Å². The van der Waals surface area contributed by atoms with Gasteiger partial charge in [0.2, 0.25) is 0 Å². The summed E-state index contributed by atoms with van der Waals surface area (Å²) < 4.78 is 0. The Morgan fingerprint density at radius 3 is 2.47 bits per heavy atom. The molecule has 1 aliphatic rings. The van der Waals surface area contributed by atoms with Crippen LogP contribution in [0.5, 0.6) is 0 Å². The predicted molar refractivity (Wildman–Crippen MR) is 64.3 cm³/mol. The van der Waals surface area contributed by atoms with E-state index < -0.39 is 0 Å². The highest BCUT2D eigenvalue weighted by Gasteiger charge is 2.15. The van der Waals surface area contributed by atoms with Gasteiger partial charge >= 0.3 is 0 Å². The van der Waals surface area contributed by atoms with Crippen LogP contribution in [0, 0.1) is 0 Å². The molecule has 0 radical (unpaired) electrons. The zero-order chi connectivity index (χ0) is 10.5. The summed E-state index contributed by atoms with van der Waals surface area (Å²) in [6.45, 7) is 6.40. The summed E-state index contributed by atoms with van der Waals surface area (Å²) in [5.41, 5.74) is 1.48. The largest absolute Gasteiger partial charge is 0.337 e. The van der Waals surface area contributed by atoms with Crippen molar-refractivity contribution >= 4 is 11.8 Å². The maximum absolute atomic E-state index is 2.42. The number of nitrogens with one attached hydrogen (secondary N) is 1. The number of hydrogen-bond donors (Lipinski definition) is 2. The SMILES string of the molecule is CSc1ccc(C[NH+]2CC[NH2+]CC2)cc1. The van der Waals surface area contributed by atoms with E-state index in [1.54, 1.807) is 4.90 Å². The zero-order valence-electron chi connectivity index (χ0n) is 9.33. The van der Waals surface area contributed by atoms with Gasteiger partial charge in [-0.05, 0) is 18.4 Å². The van der Waals surface area contributed by atoms with Gasteiger partial charge in [0.1, 0.15) is 32.7 Å². The van der Waals surface area contributed by atoms with E-state index in [4.69, 9.17) is 0 Å². The van der Waals surface area contributed by atoms with Gasteiger partial charge in [-0.1, -0.05) is 12.1 Å². The van der Waals surface area contributed by atoms with Crippen LogP contribution >= 0.6 is 11.8 Å². The Hall–Kier alpha value is -0.510. The summed E-state index contributed by atoms with van der Waals surface area (Å²) in [5, 5.41) is 2.42. The second-order valence-corrected chi connectivity index (χ2v) is 5.02. The average molecular weight is 224 g/mol. The number of nitrogens with two attached hydrogens (primary N) is 1. The van der Waals surface area contributed by atoms with E-state index in [1.807, 2.05) is 11.8 Å². The van der Waals surface area contributed by atoms with Gasteiger partial charge in [-0.25, -0.2) is 0 Å². The van der Waals surface area contributed by atoms with Crippen LogP contribution in [0.1, 0.15) is 5.56 Å². The lowest BCUT2D eigenvalue weighted by Crippen LogP contribution is -3.19. The van der Waals surface area contributed by atoms with Gasteiger partial charge in [0.25, 0.3) is 0 Å². The molecule has 3 N–H and O–H groups in total. The summed E-state index contributed by atoms with van der Waals surface area (Å²) in [7, 11) is 0. The first-order valence-corrected chi connectivity index (χ1v) is 6.89. The second kappa shape index (κ2) is 5.54. The molecule has 0 aromatic heterocycles. The molecule has 1 aliphatic heterocycles. The minimum Gasteiger partial charge on any atom is -0.337 e. The minimum atomic E-state index is 1.20. The Kier molecular flexibility index (Phi) is 4.06. The molecule has 15 heavy (non-hydrogen) atoms. The molecular weight excluding hydrogens is 204 g/mol. The van der Waals surface area contributed by atoms with Gasteiger partial charge in [-0.2, -0.15) is 0 Å². The second-order valence-electron chi connectivity index (χ2n) is 4.14. The van der Waals surface area contributed by atoms with Crippen LogP contribution in [0.4, 0.5) is 0 Å². The van der Waals surface area contributed by atoms with E-state index in [0.29, 0.717) is 0 Å². The smallest absolute Gasteiger partial charge is 0.127 e. The molecule has 1 aromatic carbocycles. The number of thioether (sulfide) groups is 1. The lowest BCUT2D eigenvalue weighted by atomic mass is 10.2. The van der Waals surface area contributed by atoms with Gasteiger partial charge in [0, 0.05) is 10.5 Å². The van der Waals surface area contributed by atoms with Crippen LogP contribution in [-0.4, -0.2) is 32.4 Å². The topological polar surface area (TPSA) is 21.1 Å². The van der Waals surface area contributed by atoms with Crippen molar-refractivity contribution in [2.45, 2.75) is 11.4 Å². The third kappa shape index (κ3) is 3.23. The van der Waals surface area contributed by atoms with E-state index in [0.717, 1.165) is 0 Å². The molecule has 2 rings (SSSR count). The van der Waals surface area contributed by atoms with Gasteiger partial charge in [-0.3, -0.25) is 0 Å². The minimum absolute atomic E-state index is 1.20. The van der Waals surface area contributed by atoms with Crippen molar-refractivity contribution in [3.63, 3.8) is 0 Å².